The number of aromatic nitrogens is 1. The summed E-state index contributed by atoms with van der Waals surface area (Å²) < 4.78 is 39.1. The number of benzene rings is 2. The molecule has 1 saturated heterocycles. The average molecular weight is 462 g/mol. The van der Waals surface area contributed by atoms with Gasteiger partial charge < -0.3 is 9.47 Å². The number of nitriles is 1. The highest BCUT2D eigenvalue weighted by Gasteiger charge is 2.34. The number of ether oxygens (including phenoxy) is 2. The van der Waals surface area contributed by atoms with Gasteiger partial charge in [-0.05, 0) is 54.8 Å². The lowest BCUT2D eigenvalue weighted by Crippen LogP contribution is -2.29. The number of carbonyl (C=O) groups excluding carboxylic acids is 1. The Kier molecular flexibility index (Phi) is 5.11. The van der Waals surface area contributed by atoms with Crippen LogP contribution in [0.5, 0.6) is 17.4 Å². The first-order valence-electron chi connectivity index (χ1n) is 10.2. The van der Waals surface area contributed by atoms with Gasteiger partial charge in [0.25, 0.3) is 5.91 Å². The molecule has 9 nitrogen and oxygen atoms in total. The predicted octanol–water partition coefficient (Wildman–Crippen LogP) is 2.99. The first kappa shape index (κ1) is 20.8. The van der Waals surface area contributed by atoms with E-state index in [1.54, 1.807) is 36.4 Å². The van der Waals surface area contributed by atoms with Gasteiger partial charge in [0.1, 0.15) is 30.2 Å². The van der Waals surface area contributed by atoms with E-state index in [1.165, 1.54) is 6.20 Å². The Labute approximate surface area is 190 Å². The fourth-order valence-electron chi connectivity index (χ4n) is 3.95. The molecule has 0 spiro atoms. The van der Waals surface area contributed by atoms with E-state index >= 15 is 0 Å². The van der Waals surface area contributed by atoms with Gasteiger partial charge in [-0.1, -0.05) is 12.1 Å². The molecule has 1 aliphatic carbocycles. The first-order valence-corrected chi connectivity index (χ1v) is 11.6. The number of nitrogens with one attached hydrogen (secondary N) is 1. The van der Waals surface area contributed by atoms with Gasteiger partial charge in [0.2, 0.25) is 5.88 Å². The summed E-state index contributed by atoms with van der Waals surface area (Å²) in [4.78, 5) is 15.6. The molecule has 1 fully saturated rings. The number of anilines is 1. The zero-order chi connectivity index (χ0) is 23.0. The highest BCUT2D eigenvalue weighted by molar-refractivity contribution is 7.92. The van der Waals surface area contributed by atoms with Crippen molar-refractivity contribution in [3.63, 3.8) is 0 Å². The second-order valence-corrected chi connectivity index (χ2v) is 9.19. The largest absolute Gasteiger partial charge is 0.486 e. The summed E-state index contributed by atoms with van der Waals surface area (Å²) in [5, 5.41) is 8.91. The SMILES string of the molecule is N#Cc1ccc(Oc2cccc3c2CCC3Oc2ccc(N3CC(=O)NS3(=O)=O)cc2)nc1. The maximum Gasteiger partial charge on any atom is 0.326 e. The number of rotatable bonds is 5. The molecule has 1 atom stereocenters. The van der Waals surface area contributed by atoms with Crippen molar-refractivity contribution in [3.05, 3.63) is 77.5 Å². The minimum atomic E-state index is -3.84. The van der Waals surface area contributed by atoms with Crippen LogP contribution >= 0.6 is 0 Å². The molecular formula is C23H18N4O5S. The van der Waals surface area contributed by atoms with Crippen LogP contribution in [0.15, 0.2) is 60.8 Å². The van der Waals surface area contributed by atoms with Crippen molar-refractivity contribution < 1.29 is 22.7 Å². The van der Waals surface area contributed by atoms with Gasteiger partial charge in [0.05, 0.1) is 11.3 Å². The summed E-state index contributed by atoms with van der Waals surface area (Å²) in [5.74, 6) is 1.13. The molecule has 1 aromatic heterocycles. The Hall–Kier alpha value is -4.10. The van der Waals surface area contributed by atoms with Crippen molar-refractivity contribution >= 4 is 21.8 Å². The van der Waals surface area contributed by atoms with E-state index in [2.05, 4.69) is 4.98 Å². The fourth-order valence-corrected chi connectivity index (χ4v) is 5.10. The third-order valence-corrected chi connectivity index (χ3v) is 6.88. The van der Waals surface area contributed by atoms with Crippen LogP contribution in [0.3, 0.4) is 0 Å². The van der Waals surface area contributed by atoms with Crippen LogP contribution in [0.25, 0.3) is 0 Å². The minimum absolute atomic E-state index is 0.179. The highest BCUT2D eigenvalue weighted by atomic mass is 32.2. The molecule has 5 rings (SSSR count). The number of hydrogen-bond acceptors (Lipinski definition) is 7. The van der Waals surface area contributed by atoms with E-state index in [0.29, 0.717) is 28.6 Å². The Balaban J connectivity index is 1.31. The summed E-state index contributed by atoms with van der Waals surface area (Å²) in [6.45, 7) is -0.241. The van der Waals surface area contributed by atoms with Crippen LogP contribution in [-0.2, 0) is 21.4 Å². The van der Waals surface area contributed by atoms with Gasteiger partial charge in [0, 0.05) is 17.8 Å². The molecule has 10 heteroatoms. The second-order valence-electron chi connectivity index (χ2n) is 7.60. The van der Waals surface area contributed by atoms with Gasteiger partial charge in [-0.15, -0.1) is 0 Å². The van der Waals surface area contributed by atoms with Crippen molar-refractivity contribution in [2.45, 2.75) is 18.9 Å². The third-order valence-electron chi connectivity index (χ3n) is 5.48. The number of hydrogen-bond donors (Lipinski definition) is 1. The molecule has 0 radical (unpaired) electrons. The molecule has 1 aliphatic heterocycles. The Morgan fingerprint density at radius 3 is 2.61 bits per heavy atom. The maximum atomic E-state index is 12.0. The van der Waals surface area contributed by atoms with Crippen LogP contribution in [0.1, 0.15) is 29.2 Å². The van der Waals surface area contributed by atoms with Gasteiger partial charge in [-0.2, -0.15) is 13.7 Å². The highest BCUT2D eigenvalue weighted by Crippen LogP contribution is 2.41. The molecule has 2 aromatic carbocycles. The fraction of sp³-hybridized carbons (Fsp3) is 0.174. The van der Waals surface area contributed by atoms with Crippen LogP contribution in [0.4, 0.5) is 5.69 Å². The average Bonchev–Trinajstić information content (AvgIpc) is 3.34. The zero-order valence-corrected chi connectivity index (χ0v) is 18.1. The number of nitrogens with zero attached hydrogens (tertiary/aromatic N) is 3. The lowest BCUT2D eigenvalue weighted by atomic mass is 10.1. The Morgan fingerprint density at radius 1 is 1.12 bits per heavy atom. The van der Waals surface area contributed by atoms with E-state index in [0.717, 1.165) is 28.3 Å². The van der Waals surface area contributed by atoms with Crippen LogP contribution in [-0.4, -0.2) is 25.9 Å². The molecule has 0 bridgehead atoms. The van der Waals surface area contributed by atoms with Crippen molar-refractivity contribution in [1.29, 1.82) is 5.26 Å². The van der Waals surface area contributed by atoms with Crippen molar-refractivity contribution in [3.8, 4) is 23.4 Å². The minimum Gasteiger partial charge on any atom is -0.486 e. The third kappa shape index (κ3) is 4.06. The smallest absolute Gasteiger partial charge is 0.326 e. The van der Waals surface area contributed by atoms with E-state index in [9.17, 15) is 13.2 Å². The number of carbonyl (C=O) groups is 1. The summed E-state index contributed by atoms with van der Waals surface area (Å²) in [6, 6.07) is 17.7. The standard InChI is InChI=1S/C23H18N4O5S/c24-12-15-4-11-23(25-13-15)32-20-3-1-2-18-19(20)9-10-21(18)31-17-7-5-16(6-8-17)27-14-22(28)26-33(27,29)30/h1-8,11,13,21H,9-10,14H2,(H,26,28). The quantitative estimate of drug-likeness (QED) is 0.619. The lowest BCUT2D eigenvalue weighted by molar-refractivity contribution is -0.117. The molecule has 2 aliphatic rings. The maximum absolute atomic E-state index is 12.0. The van der Waals surface area contributed by atoms with Crippen molar-refractivity contribution in [2.24, 2.45) is 0 Å². The van der Waals surface area contributed by atoms with Gasteiger partial charge in [-0.3, -0.25) is 4.79 Å². The number of fused-ring (bicyclic) bond motifs is 1. The molecule has 166 valence electrons. The van der Waals surface area contributed by atoms with E-state index in [4.69, 9.17) is 14.7 Å². The van der Waals surface area contributed by atoms with Crippen LogP contribution in [0, 0.1) is 11.3 Å². The van der Waals surface area contributed by atoms with Crippen LogP contribution in [0.2, 0.25) is 0 Å². The molecule has 2 heterocycles. The Morgan fingerprint density at radius 2 is 1.94 bits per heavy atom. The molecule has 3 aromatic rings. The molecule has 1 unspecified atom stereocenters. The van der Waals surface area contributed by atoms with Gasteiger partial charge >= 0.3 is 10.2 Å². The van der Waals surface area contributed by atoms with Gasteiger partial charge in [0.15, 0.2) is 0 Å². The molecule has 1 amide bonds. The Bertz CT molecular complexity index is 1370. The summed E-state index contributed by atoms with van der Waals surface area (Å²) in [6.07, 6.45) is 2.82. The summed E-state index contributed by atoms with van der Waals surface area (Å²) in [7, 11) is -3.84. The van der Waals surface area contributed by atoms with Crippen molar-refractivity contribution in [2.75, 3.05) is 10.8 Å². The van der Waals surface area contributed by atoms with Crippen LogP contribution < -0.4 is 18.5 Å². The number of amides is 1. The second kappa shape index (κ2) is 8.11. The van der Waals surface area contributed by atoms with E-state index in [-0.39, 0.29) is 12.6 Å². The zero-order valence-electron chi connectivity index (χ0n) is 17.3. The van der Waals surface area contributed by atoms with E-state index < -0.39 is 16.1 Å². The lowest BCUT2D eigenvalue weighted by Gasteiger charge is -2.18. The molecule has 0 saturated carbocycles. The van der Waals surface area contributed by atoms with Crippen molar-refractivity contribution in [1.82, 2.24) is 9.71 Å². The molecule has 1 N–H and O–H groups in total. The predicted molar refractivity (Wildman–Crippen MR) is 118 cm³/mol. The molecule has 33 heavy (non-hydrogen) atoms. The topological polar surface area (TPSA) is 122 Å². The summed E-state index contributed by atoms with van der Waals surface area (Å²) in [5.41, 5.74) is 2.91. The van der Waals surface area contributed by atoms with Gasteiger partial charge in [-0.25, -0.2) is 14.0 Å². The van der Waals surface area contributed by atoms with E-state index in [1.807, 2.05) is 29.0 Å². The normalized spacial score (nSPS) is 18.3. The monoisotopic (exact) mass is 462 g/mol. The number of pyridine rings is 1. The first-order chi connectivity index (χ1) is 15.9. The molecular weight excluding hydrogens is 444 g/mol. The summed E-state index contributed by atoms with van der Waals surface area (Å²) >= 11 is 0.